The van der Waals surface area contributed by atoms with Crippen LogP contribution in [0, 0.1) is 7.11 Å². The Kier molecular flexibility index (Phi) is 5.02. The summed E-state index contributed by atoms with van der Waals surface area (Å²) in [5, 5.41) is 5.10. The number of ether oxygens (including phenoxy) is 1. The summed E-state index contributed by atoms with van der Waals surface area (Å²) in [4.78, 5) is 1.54. The fraction of sp³-hybridized carbons (Fsp3) is 0.400. The molecule has 0 saturated carbocycles. The highest BCUT2D eigenvalue weighted by Crippen LogP contribution is 2.27. The van der Waals surface area contributed by atoms with Gasteiger partial charge in [0.2, 0.25) is 0 Å². The first-order valence-corrected chi connectivity index (χ1v) is 7.12. The quantitative estimate of drug-likeness (QED) is 0.638. The van der Waals surface area contributed by atoms with Crippen molar-refractivity contribution in [1.82, 2.24) is 0 Å². The van der Waals surface area contributed by atoms with E-state index < -0.39 is 0 Å². The van der Waals surface area contributed by atoms with Gasteiger partial charge in [-0.2, -0.15) is 0 Å². The van der Waals surface area contributed by atoms with Gasteiger partial charge in [-0.25, -0.2) is 0 Å². The molecule has 0 N–H and O–H groups in total. The van der Waals surface area contributed by atoms with Crippen LogP contribution in [-0.2, 0) is 11.2 Å². The normalized spacial score (nSPS) is 11.1. The molecule has 0 unspecified atom stereocenters. The van der Waals surface area contributed by atoms with Crippen LogP contribution in [0.3, 0.4) is 0 Å². The zero-order valence-corrected chi connectivity index (χ0v) is 11.0. The van der Waals surface area contributed by atoms with Crippen molar-refractivity contribution in [2.75, 3.05) is 6.61 Å². The Hall–Kier alpha value is -0.860. The lowest BCUT2D eigenvalue weighted by Gasteiger charge is -2.00. The highest BCUT2D eigenvalue weighted by atomic mass is 32.1. The number of hydrogen-bond acceptors (Lipinski definition) is 2. The maximum atomic E-state index is 4.80. The molecule has 1 heterocycles. The van der Waals surface area contributed by atoms with Crippen LogP contribution in [0.5, 0.6) is 0 Å². The van der Waals surface area contributed by atoms with Crippen molar-refractivity contribution < 1.29 is 4.74 Å². The van der Waals surface area contributed by atoms with E-state index in [9.17, 15) is 0 Å². The summed E-state index contributed by atoms with van der Waals surface area (Å²) < 4.78 is 4.80. The minimum atomic E-state index is 0.794. The third-order valence-corrected chi connectivity index (χ3v) is 4.11. The van der Waals surface area contributed by atoms with E-state index in [1.54, 1.807) is 0 Å². The third-order valence-electron chi connectivity index (χ3n) is 3.03. The fourth-order valence-electron chi connectivity index (χ4n) is 2.09. The molecule has 0 fully saturated rings. The summed E-state index contributed by atoms with van der Waals surface area (Å²) in [7, 11) is 3.38. The molecule has 1 aromatic carbocycles. The Bertz CT molecular complexity index is 447. The van der Waals surface area contributed by atoms with E-state index in [-0.39, 0.29) is 0 Å². The molecule has 91 valence electrons. The predicted molar refractivity (Wildman–Crippen MR) is 75.3 cm³/mol. The van der Waals surface area contributed by atoms with Gasteiger partial charge in [-0.05, 0) is 35.4 Å². The van der Waals surface area contributed by atoms with E-state index in [0.717, 1.165) is 13.0 Å². The zero-order valence-electron chi connectivity index (χ0n) is 10.2. The first-order valence-electron chi connectivity index (χ1n) is 6.24. The predicted octanol–water partition coefficient (Wildman–Crippen LogP) is 4.81. The third kappa shape index (κ3) is 3.55. The van der Waals surface area contributed by atoms with Gasteiger partial charge in [0, 0.05) is 11.5 Å². The number of unbranched alkanes of at least 4 members (excludes halogenated alkanes) is 3. The minimum Gasteiger partial charge on any atom is -0.379 e. The monoisotopic (exact) mass is 247 g/mol. The molecule has 17 heavy (non-hydrogen) atoms. The molecule has 0 bridgehead atoms. The second kappa shape index (κ2) is 6.77. The fourth-order valence-corrected chi connectivity index (χ4v) is 3.14. The van der Waals surface area contributed by atoms with Crippen LogP contribution in [0.1, 0.15) is 30.6 Å². The molecule has 2 rings (SSSR count). The summed E-state index contributed by atoms with van der Waals surface area (Å²) in [5.74, 6) is 0. The topological polar surface area (TPSA) is 9.23 Å². The van der Waals surface area contributed by atoms with Crippen molar-refractivity contribution in [2.45, 2.75) is 32.1 Å². The second-order valence-electron chi connectivity index (χ2n) is 4.32. The van der Waals surface area contributed by atoms with Gasteiger partial charge in [0.15, 0.2) is 0 Å². The number of hydrogen-bond donors (Lipinski definition) is 0. The highest BCUT2D eigenvalue weighted by molar-refractivity contribution is 7.11. The van der Waals surface area contributed by atoms with Crippen molar-refractivity contribution in [2.24, 2.45) is 0 Å². The van der Waals surface area contributed by atoms with Gasteiger partial charge < -0.3 is 4.74 Å². The van der Waals surface area contributed by atoms with Gasteiger partial charge in [-0.3, -0.25) is 0 Å². The summed E-state index contributed by atoms with van der Waals surface area (Å²) >= 11 is 1.90. The van der Waals surface area contributed by atoms with Crippen molar-refractivity contribution in [3.63, 3.8) is 0 Å². The zero-order chi connectivity index (χ0) is 11.9. The van der Waals surface area contributed by atoms with Crippen LogP contribution in [-0.4, -0.2) is 6.61 Å². The molecule has 1 nitrogen and oxygen atoms in total. The van der Waals surface area contributed by atoms with E-state index in [1.165, 1.54) is 41.3 Å². The van der Waals surface area contributed by atoms with E-state index in [0.29, 0.717) is 0 Å². The molecular formula is C15H19OS. The van der Waals surface area contributed by atoms with Crippen LogP contribution < -0.4 is 0 Å². The summed E-state index contributed by atoms with van der Waals surface area (Å²) in [6.45, 7) is 0.794. The molecule has 1 radical (unpaired) electrons. The van der Waals surface area contributed by atoms with Gasteiger partial charge in [0.25, 0.3) is 0 Å². The van der Waals surface area contributed by atoms with Gasteiger partial charge >= 0.3 is 0 Å². The Morgan fingerprint density at radius 1 is 1.06 bits per heavy atom. The maximum absolute atomic E-state index is 4.80. The molecular weight excluding hydrogens is 228 g/mol. The molecule has 0 aliphatic rings. The van der Waals surface area contributed by atoms with E-state index in [4.69, 9.17) is 4.74 Å². The molecule has 0 atom stereocenters. The van der Waals surface area contributed by atoms with E-state index in [2.05, 4.69) is 36.8 Å². The lowest BCUT2D eigenvalue weighted by molar-refractivity contribution is 0.233. The maximum Gasteiger partial charge on any atom is 0.0700 e. The molecule has 0 aliphatic carbocycles. The Morgan fingerprint density at radius 3 is 2.76 bits per heavy atom. The minimum absolute atomic E-state index is 0.794. The first-order chi connectivity index (χ1) is 8.42. The van der Waals surface area contributed by atoms with Crippen LogP contribution in [0.15, 0.2) is 29.6 Å². The number of fused-ring (bicyclic) bond motifs is 1. The number of rotatable bonds is 7. The average molecular weight is 247 g/mol. The lowest BCUT2D eigenvalue weighted by atomic mass is 10.1. The van der Waals surface area contributed by atoms with E-state index in [1.807, 2.05) is 11.3 Å². The number of aryl methyl sites for hydroxylation is 1. The van der Waals surface area contributed by atoms with Crippen molar-refractivity contribution in [3.05, 3.63) is 41.6 Å². The van der Waals surface area contributed by atoms with Crippen molar-refractivity contribution in [3.8, 4) is 0 Å². The van der Waals surface area contributed by atoms with Crippen LogP contribution in [0.25, 0.3) is 10.8 Å². The largest absolute Gasteiger partial charge is 0.379 e. The lowest BCUT2D eigenvalue weighted by Crippen LogP contribution is -1.88. The van der Waals surface area contributed by atoms with Gasteiger partial charge in [-0.15, -0.1) is 11.3 Å². The van der Waals surface area contributed by atoms with Gasteiger partial charge in [0.1, 0.15) is 0 Å². The Balaban J connectivity index is 1.79. The molecule has 0 spiro atoms. The molecule has 2 aromatic rings. The van der Waals surface area contributed by atoms with E-state index >= 15 is 0 Å². The number of thiophene rings is 1. The Morgan fingerprint density at radius 2 is 1.88 bits per heavy atom. The number of benzene rings is 1. The molecule has 0 aliphatic heterocycles. The SMILES string of the molecule is [CH2]OCCCCCCc1scc2ccccc12. The highest BCUT2D eigenvalue weighted by Gasteiger charge is 2.02. The summed E-state index contributed by atoms with van der Waals surface area (Å²) in [6, 6.07) is 8.67. The molecule has 1 aromatic heterocycles. The smallest absolute Gasteiger partial charge is 0.0700 e. The Labute approximate surface area is 107 Å². The standard InChI is InChI=1S/C15H19OS/c1-16-11-7-3-2-4-10-15-14-9-6-5-8-13(14)12-17-15/h5-6,8-9,12H,1-4,7,10-11H2. The first kappa shape index (κ1) is 12.6. The van der Waals surface area contributed by atoms with Crippen molar-refractivity contribution in [1.29, 1.82) is 0 Å². The van der Waals surface area contributed by atoms with Crippen molar-refractivity contribution >= 4 is 22.1 Å². The van der Waals surface area contributed by atoms with Crippen LogP contribution in [0.2, 0.25) is 0 Å². The molecule has 0 amide bonds. The van der Waals surface area contributed by atoms with Gasteiger partial charge in [-0.1, -0.05) is 37.1 Å². The summed E-state index contributed by atoms with van der Waals surface area (Å²) in [6.07, 6.45) is 6.16. The average Bonchev–Trinajstić information content (AvgIpc) is 2.77. The molecule has 2 heteroatoms. The van der Waals surface area contributed by atoms with Crippen LogP contribution in [0.4, 0.5) is 0 Å². The van der Waals surface area contributed by atoms with Crippen LogP contribution >= 0.6 is 11.3 Å². The second-order valence-corrected chi connectivity index (χ2v) is 5.28. The molecule has 0 saturated heterocycles. The summed E-state index contributed by atoms with van der Waals surface area (Å²) in [5.41, 5.74) is 0. The van der Waals surface area contributed by atoms with Gasteiger partial charge in [0.05, 0.1) is 7.11 Å².